The predicted octanol–water partition coefficient (Wildman–Crippen LogP) is 5.48. The topological polar surface area (TPSA) is 46.2 Å². The molecule has 0 aliphatic rings. The molecule has 128 valence electrons. The fourth-order valence-electron chi connectivity index (χ4n) is 3.54. The normalized spacial score (nSPS) is 17.4. The molecule has 0 aromatic heterocycles. The van der Waals surface area contributed by atoms with Crippen molar-refractivity contribution in [2.24, 2.45) is 23.5 Å². The van der Waals surface area contributed by atoms with E-state index in [2.05, 4.69) is 27.7 Å². The number of aliphatic hydroxyl groups is 1. The van der Waals surface area contributed by atoms with Gasteiger partial charge in [0.1, 0.15) is 6.23 Å². The van der Waals surface area contributed by atoms with Gasteiger partial charge >= 0.3 is 0 Å². The van der Waals surface area contributed by atoms with Crippen molar-refractivity contribution in [2.45, 2.75) is 105 Å². The van der Waals surface area contributed by atoms with E-state index < -0.39 is 6.23 Å². The zero-order valence-corrected chi connectivity index (χ0v) is 15.1. The van der Waals surface area contributed by atoms with Crippen LogP contribution in [0.1, 0.15) is 98.3 Å². The van der Waals surface area contributed by atoms with Crippen molar-refractivity contribution < 1.29 is 5.11 Å². The highest BCUT2D eigenvalue weighted by Crippen LogP contribution is 2.31. The molecule has 0 amide bonds. The van der Waals surface area contributed by atoms with Crippen molar-refractivity contribution in [3.05, 3.63) is 0 Å². The van der Waals surface area contributed by atoms with Gasteiger partial charge in [0, 0.05) is 0 Å². The monoisotopic (exact) mass is 299 g/mol. The SMILES string of the molecule is CCCCC(CC)CC(CC(N)O)CC(CC)CCCC. The molecule has 3 atom stereocenters. The van der Waals surface area contributed by atoms with Gasteiger partial charge in [0.2, 0.25) is 0 Å². The first-order valence-electron chi connectivity index (χ1n) is 9.50. The Morgan fingerprint density at radius 3 is 1.43 bits per heavy atom. The summed E-state index contributed by atoms with van der Waals surface area (Å²) < 4.78 is 0. The molecular weight excluding hydrogens is 258 g/mol. The first-order valence-corrected chi connectivity index (χ1v) is 9.50. The van der Waals surface area contributed by atoms with Crippen molar-refractivity contribution in [3.63, 3.8) is 0 Å². The van der Waals surface area contributed by atoms with E-state index in [4.69, 9.17) is 5.73 Å². The van der Waals surface area contributed by atoms with Crippen LogP contribution < -0.4 is 5.73 Å². The van der Waals surface area contributed by atoms with Gasteiger partial charge in [-0.1, -0.05) is 79.1 Å². The smallest absolute Gasteiger partial charge is 0.102 e. The average molecular weight is 300 g/mol. The summed E-state index contributed by atoms with van der Waals surface area (Å²) >= 11 is 0. The van der Waals surface area contributed by atoms with Crippen LogP contribution in [0.25, 0.3) is 0 Å². The van der Waals surface area contributed by atoms with E-state index in [1.165, 1.54) is 64.2 Å². The van der Waals surface area contributed by atoms with Gasteiger partial charge in [-0.2, -0.15) is 0 Å². The number of hydrogen-bond acceptors (Lipinski definition) is 2. The Bertz CT molecular complexity index is 200. The van der Waals surface area contributed by atoms with Gasteiger partial charge in [-0.05, 0) is 37.0 Å². The Morgan fingerprint density at radius 2 is 1.14 bits per heavy atom. The van der Waals surface area contributed by atoms with E-state index in [0.717, 1.165) is 18.3 Å². The fraction of sp³-hybridized carbons (Fsp3) is 1.00. The lowest BCUT2D eigenvalue weighted by Gasteiger charge is -2.27. The second-order valence-electron chi connectivity index (χ2n) is 6.97. The molecule has 0 rings (SSSR count). The number of unbranched alkanes of at least 4 members (excludes halogenated alkanes) is 2. The summed E-state index contributed by atoms with van der Waals surface area (Å²) in [6, 6.07) is 0. The Labute approximate surface area is 133 Å². The van der Waals surface area contributed by atoms with Gasteiger partial charge in [-0.3, -0.25) is 0 Å². The molecule has 0 aromatic rings. The van der Waals surface area contributed by atoms with Crippen LogP contribution in [0.15, 0.2) is 0 Å². The lowest BCUT2D eigenvalue weighted by Crippen LogP contribution is -2.25. The zero-order valence-electron chi connectivity index (χ0n) is 15.1. The van der Waals surface area contributed by atoms with Gasteiger partial charge in [-0.25, -0.2) is 0 Å². The Morgan fingerprint density at radius 1 is 0.714 bits per heavy atom. The van der Waals surface area contributed by atoms with Crippen LogP contribution in [0.5, 0.6) is 0 Å². The van der Waals surface area contributed by atoms with Crippen LogP contribution in [0.4, 0.5) is 0 Å². The van der Waals surface area contributed by atoms with Crippen LogP contribution in [-0.4, -0.2) is 11.3 Å². The average Bonchev–Trinajstić information content (AvgIpc) is 2.46. The fourth-order valence-corrected chi connectivity index (χ4v) is 3.54. The highest BCUT2D eigenvalue weighted by molar-refractivity contribution is 4.72. The van der Waals surface area contributed by atoms with Crippen molar-refractivity contribution in [1.29, 1.82) is 0 Å². The first kappa shape index (κ1) is 20.9. The standard InChI is InChI=1S/C19H41NO/c1-5-9-11-16(7-3)13-18(15-19(20)21)14-17(8-4)12-10-6-2/h16-19,21H,5-15,20H2,1-4H3. The summed E-state index contributed by atoms with van der Waals surface area (Å²) in [6.07, 6.45) is 13.1. The summed E-state index contributed by atoms with van der Waals surface area (Å²) in [6.45, 7) is 9.16. The van der Waals surface area contributed by atoms with E-state index >= 15 is 0 Å². The molecule has 3 N–H and O–H groups in total. The summed E-state index contributed by atoms with van der Waals surface area (Å²) in [5.74, 6) is 2.24. The van der Waals surface area contributed by atoms with Crippen molar-refractivity contribution in [3.8, 4) is 0 Å². The maximum Gasteiger partial charge on any atom is 0.102 e. The zero-order chi connectivity index (χ0) is 16.1. The molecule has 2 nitrogen and oxygen atoms in total. The molecule has 0 saturated heterocycles. The van der Waals surface area contributed by atoms with E-state index in [0.29, 0.717) is 5.92 Å². The molecular formula is C19H41NO. The molecule has 0 aliphatic heterocycles. The number of hydrogen-bond donors (Lipinski definition) is 2. The largest absolute Gasteiger partial charge is 0.379 e. The van der Waals surface area contributed by atoms with Gasteiger partial charge in [-0.15, -0.1) is 0 Å². The first-order chi connectivity index (χ1) is 10.1. The van der Waals surface area contributed by atoms with Crippen LogP contribution >= 0.6 is 0 Å². The predicted molar refractivity (Wildman–Crippen MR) is 94.1 cm³/mol. The third-order valence-corrected chi connectivity index (χ3v) is 4.99. The molecule has 0 spiro atoms. The van der Waals surface area contributed by atoms with E-state index in [-0.39, 0.29) is 0 Å². The molecule has 0 aliphatic carbocycles. The highest BCUT2D eigenvalue weighted by atomic mass is 16.3. The molecule has 3 unspecified atom stereocenters. The van der Waals surface area contributed by atoms with Gasteiger partial charge < -0.3 is 10.8 Å². The Kier molecular flexibility index (Phi) is 13.5. The second kappa shape index (κ2) is 13.6. The van der Waals surface area contributed by atoms with Gasteiger partial charge in [0.25, 0.3) is 0 Å². The Hall–Kier alpha value is -0.0800. The van der Waals surface area contributed by atoms with E-state index in [1.807, 2.05) is 0 Å². The maximum atomic E-state index is 9.62. The van der Waals surface area contributed by atoms with Crippen LogP contribution in [0, 0.1) is 17.8 Å². The minimum Gasteiger partial charge on any atom is -0.379 e. The third-order valence-electron chi connectivity index (χ3n) is 4.99. The van der Waals surface area contributed by atoms with Crippen molar-refractivity contribution >= 4 is 0 Å². The Balaban J connectivity index is 4.45. The molecule has 0 aromatic carbocycles. The van der Waals surface area contributed by atoms with Crippen LogP contribution in [0.2, 0.25) is 0 Å². The van der Waals surface area contributed by atoms with Crippen molar-refractivity contribution in [2.75, 3.05) is 0 Å². The summed E-state index contributed by atoms with van der Waals surface area (Å²) in [4.78, 5) is 0. The van der Waals surface area contributed by atoms with Gasteiger partial charge in [0.05, 0.1) is 0 Å². The molecule has 0 radical (unpaired) electrons. The number of aliphatic hydroxyl groups excluding tert-OH is 1. The number of rotatable bonds is 14. The van der Waals surface area contributed by atoms with E-state index in [9.17, 15) is 5.11 Å². The molecule has 0 fully saturated rings. The lowest BCUT2D eigenvalue weighted by atomic mass is 9.80. The van der Waals surface area contributed by atoms with Crippen LogP contribution in [0.3, 0.4) is 0 Å². The minimum absolute atomic E-state index is 0.605. The molecule has 0 bridgehead atoms. The summed E-state index contributed by atoms with van der Waals surface area (Å²) in [5, 5.41) is 9.62. The molecule has 0 saturated carbocycles. The lowest BCUT2D eigenvalue weighted by molar-refractivity contribution is 0.127. The minimum atomic E-state index is -0.637. The van der Waals surface area contributed by atoms with Crippen molar-refractivity contribution in [1.82, 2.24) is 0 Å². The third kappa shape index (κ3) is 11.2. The van der Waals surface area contributed by atoms with E-state index in [1.54, 1.807) is 0 Å². The molecule has 0 heterocycles. The van der Waals surface area contributed by atoms with Crippen LogP contribution in [-0.2, 0) is 0 Å². The summed E-state index contributed by atoms with van der Waals surface area (Å²) in [7, 11) is 0. The van der Waals surface area contributed by atoms with Gasteiger partial charge in [0.15, 0.2) is 0 Å². The maximum absolute atomic E-state index is 9.62. The molecule has 2 heteroatoms. The highest BCUT2D eigenvalue weighted by Gasteiger charge is 2.20. The summed E-state index contributed by atoms with van der Waals surface area (Å²) in [5.41, 5.74) is 5.68. The second-order valence-corrected chi connectivity index (χ2v) is 6.97. The number of nitrogens with two attached hydrogens (primary N) is 1. The molecule has 21 heavy (non-hydrogen) atoms. The quantitative estimate of drug-likeness (QED) is 0.417.